The highest BCUT2D eigenvalue weighted by molar-refractivity contribution is 5.33. The van der Waals surface area contributed by atoms with Gasteiger partial charge in [-0.1, -0.05) is 18.2 Å². The maximum atomic E-state index is 9.92. The van der Waals surface area contributed by atoms with Gasteiger partial charge in [-0.25, -0.2) is 0 Å². The lowest BCUT2D eigenvalue weighted by molar-refractivity contribution is 0.135. The van der Waals surface area contributed by atoms with E-state index in [0.29, 0.717) is 0 Å². The van der Waals surface area contributed by atoms with Gasteiger partial charge >= 0.3 is 0 Å². The van der Waals surface area contributed by atoms with Crippen molar-refractivity contribution < 1.29 is 9.84 Å². The number of hydrogen-bond donors (Lipinski definition) is 1. The minimum atomic E-state index is -0.255. The monoisotopic (exact) mass is 222 g/mol. The Bertz CT molecular complexity index is 300. The summed E-state index contributed by atoms with van der Waals surface area (Å²) in [6, 6.07) is 6.26. The Morgan fingerprint density at radius 3 is 2.44 bits per heavy atom. The van der Waals surface area contributed by atoms with Crippen LogP contribution in [0, 0.1) is 13.8 Å². The highest BCUT2D eigenvalue weighted by Crippen LogP contribution is 2.16. The molecule has 0 heterocycles. The SMILES string of the molecule is COCCCC(O)Cc1c(C)cccc1C. The molecule has 0 radical (unpaired) electrons. The third-order valence-electron chi connectivity index (χ3n) is 2.97. The van der Waals surface area contributed by atoms with Crippen LogP contribution in [0.2, 0.25) is 0 Å². The first-order chi connectivity index (χ1) is 7.65. The summed E-state index contributed by atoms with van der Waals surface area (Å²) in [4.78, 5) is 0. The number of benzene rings is 1. The van der Waals surface area contributed by atoms with Gasteiger partial charge in [0.25, 0.3) is 0 Å². The lowest BCUT2D eigenvalue weighted by Gasteiger charge is -2.14. The molecule has 1 unspecified atom stereocenters. The summed E-state index contributed by atoms with van der Waals surface area (Å²) < 4.78 is 4.98. The van der Waals surface area contributed by atoms with Crippen LogP contribution in [0.4, 0.5) is 0 Å². The zero-order chi connectivity index (χ0) is 12.0. The van der Waals surface area contributed by atoms with Crippen LogP contribution in [0.15, 0.2) is 18.2 Å². The predicted octanol–water partition coefficient (Wildman–Crippen LogP) is 2.63. The molecule has 0 saturated carbocycles. The van der Waals surface area contributed by atoms with Gasteiger partial charge in [-0.3, -0.25) is 0 Å². The van der Waals surface area contributed by atoms with Crippen LogP contribution in [-0.2, 0) is 11.2 Å². The van der Waals surface area contributed by atoms with Crippen molar-refractivity contribution in [3.05, 3.63) is 34.9 Å². The molecular formula is C14H22O2. The second kappa shape index (κ2) is 6.66. The summed E-state index contributed by atoms with van der Waals surface area (Å²) in [6.07, 6.45) is 2.22. The average molecular weight is 222 g/mol. The molecule has 2 heteroatoms. The van der Waals surface area contributed by atoms with E-state index in [0.717, 1.165) is 25.9 Å². The first-order valence-electron chi connectivity index (χ1n) is 5.87. The van der Waals surface area contributed by atoms with Crippen LogP contribution in [0.3, 0.4) is 0 Å². The Labute approximate surface area is 98.3 Å². The largest absolute Gasteiger partial charge is 0.393 e. The predicted molar refractivity (Wildman–Crippen MR) is 66.7 cm³/mol. The standard InChI is InChI=1S/C14H22O2/c1-11-6-4-7-12(2)14(11)10-13(15)8-5-9-16-3/h4,6-7,13,15H,5,8-10H2,1-3H3. The van der Waals surface area contributed by atoms with E-state index < -0.39 is 0 Å². The first-order valence-corrected chi connectivity index (χ1v) is 5.87. The van der Waals surface area contributed by atoms with Gasteiger partial charge in [-0.05, 0) is 49.8 Å². The van der Waals surface area contributed by atoms with E-state index in [9.17, 15) is 5.11 Å². The molecule has 0 aliphatic heterocycles. The fourth-order valence-corrected chi connectivity index (χ4v) is 1.97. The van der Waals surface area contributed by atoms with E-state index in [-0.39, 0.29) is 6.10 Å². The van der Waals surface area contributed by atoms with Gasteiger partial charge in [-0.2, -0.15) is 0 Å². The van der Waals surface area contributed by atoms with Crippen molar-refractivity contribution in [3.63, 3.8) is 0 Å². The quantitative estimate of drug-likeness (QED) is 0.750. The molecule has 1 N–H and O–H groups in total. The van der Waals surface area contributed by atoms with Crippen LogP contribution in [0.5, 0.6) is 0 Å². The summed E-state index contributed by atoms with van der Waals surface area (Å²) in [7, 11) is 1.69. The molecule has 0 aromatic heterocycles. The topological polar surface area (TPSA) is 29.5 Å². The number of aliphatic hydroxyl groups is 1. The Hall–Kier alpha value is -0.860. The van der Waals surface area contributed by atoms with Crippen LogP contribution in [-0.4, -0.2) is 24.9 Å². The van der Waals surface area contributed by atoms with Gasteiger partial charge in [0.15, 0.2) is 0 Å². The van der Waals surface area contributed by atoms with Crippen molar-refractivity contribution in [3.8, 4) is 0 Å². The molecule has 2 nitrogen and oxygen atoms in total. The lowest BCUT2D eigenvalue weighted by atomic mass is 9.96. The first kappa shape index (κ1) is 13.2. The van der Waals surface area contributed by atoms with E-state index in [1.54, 1.807) is 7.11 Å². The van der Waals surface area contributed by atoms with E-state index >= 15 is 0 Å². The Morgan fingerprint density at radius 2 is 1.88 bits per heavy atom. The molecule has 0 bridgehead atoms. The number of ether oxygens (including phenoxy) is 1. The zero-order valence-electron chi connectivity index (χ0n) is 10.5. The van der Waals surface area contributed by atoms with E-state index in [2.05, 4.69) is 32.0 Å². The molecule has 1 atom stereocenters. The van der Waals surface area contributed by atoms with E-state index in [1.807, 2.05) is 0 Å². The molecule has 1 aromatic rings. The Morgan fingerprint density at radius 1 is 1.25 bits per heavy atom. The van der Waals surface area contributed by atoms with Crippen LogP contribution in [0.1, 0.15) is 29.5 Å². The van der Waals surface area contributed by atoms with Crippen LogP contribution < -0.4 is 0 Å². The van der Waals surface area contributed by atoms with E-state index in [4.69, 9.17) is 4.74 Å². The summed E-state index contributed by atoms with van der Waals surface area (Å²) in [6.45, 7) is 4.93. The third-order valence-corrected chi connectivity index (χ3v) is 2.97. The Kier molecular flexibility index (Phi) is 5.50. The second-order valence-electron chi connectivity index (χ2n) is 4.36. The zero-order valence-corrected chi connectivity index (χ0v) is 10.5. The van der Waals surface area contributed by atoms with Gasteiger partial charge in [0.1, 0.15) is 0 Å². The molecule has 16 heavy (non-hydrogen) atoms. The number of aryl methyl sites for hydroxylation is 2. The van der Waals surface area contributed by atoms with Crippen molar-refractivity contribution in [2.45, 2.75) is 39.2 Å². The molecule has 1 rings (SSSR count). The number of hydrogen-bond acceptors (Lipinski definition) is 2. The molecule has 0 amide bonds. The van der Waals surface area contributed by atoms with Crippen LogP contribution >= 0.6 is 0 Å². The maximum absolute atomic E-state index is 9.92. The molecule has 0 aliphatic rings. The average Bonchev–Trinajstić information content (AvgIpc) is 2.24. The Balaban J connectivity index is 2.52. The van der Waals surface area contributed by atoms with Crippen molar-refractivity contribution in [2.24, 2.45) is 0 Å². The normalized spacial score (nSPS) is 12.8. The molecule has 0 fully saturated rings. The number of methoxy groups -OCH3 is 1. The molecule has 0 aliphatic carbocycles. The van der Waals surface area contributed by atoms with Gasteiger partial charge < -0.3 is 9.84 Å². The van der Waals surface area contributed by atoms with Crippen molar-refractivity contribution in [1.82, 2.24) is 0 Å². The van der Waals surface area contributed by atoms with Gasteiger partial charge in [0, 0.05) is 13.7 Å². The molecule has 0 saturated heterocycles. The molecule has 0 spiro atoms. The number of rotatable bonds is 6. The summed E-state index contributed by atoms with van der Waals surface area (Å²) >= 11 is 0. The van der Waals surface area contributed by atoms with Gasteiger partial charge in [0.2, 0.25) is 0 Å². The molecule has 90 valence electrons. The fourth-order valence-electron chi connectivity index (χ4n) is 1.97. The second-order valence-corrected chi connectivity index (χ2v) is 4.36. The fraction of sp³-hybridized carbons (Fsp3) is 0.571. The highest BCUT2D eigenvalue weighted by Gasteiger charge is 2.09. The molecule has 1 aromatic carbocycles. The third kappa shape index (κ3) is 3.95. The van der Waals surface area contributed by atoms with Crippen molar-refractivity contribution in [1.29, 1.82) is 0 Å². The minimum Gasteiger partial charge on any atom is -0.393 e. The smallest absolute Gasteiger partial charge is 0.0581 e. The minimum absolute atomic E-state index is 0.255. The lowest BCUT2D eigenvalue weighted by Crippen LogP contribution is -2.13. The maximum Gasteiger partial charge on any atom is 0.0581 e. The van der Waals surface area contributed by atoms with Crippen molar-refractivity contribution >= 4 is 0 Å². The molecular weight excluding hydrogens is 200 g/mol. The number of aliphatic hydroxyl groups excluding tert-OH is 1. The van der Waals surface area contributed by atoms with Gasteiger partial charge in [-0.15, -0.1) is 0 Å². The summed E-state index contributed by atoms with van der Waals surface area (Å²) in [5, 5.41) is 9.92. The summed E-state index contributed by atoms with van der Waals surface area (Å²) in [5.41, 5.74) is 3.82. The van der Waals surface area contributed by atoms with E-state index in [1.165, 1.54) is 16.7 Å². The van der Waals surface area contributed by atoms with Crippen LogP contribution in [0.25, 0.3) is 0 Å². The summed E-state index contributed by atoms with van der Waals surface area (Å²) in [5.74, 6) is 0. The highest BCUT2D eigenvalue weighted by atomic mass is 16.5. The van der Waals surface area contributed by atoms with Gasteiger partial charge in [0.05, 0.1) is 6.10 Å². The van der Waals surface area contributed by atoms with Crippen molar-refractivity contribution in [2.75, 3.05) is 13.7 Å².